The van der Waals surface area contributed by atoms with Crippen LogP contribution in [0.15, 0.2) is 24.3 Å². The summed E-state index contributed by atoms with van der Waals surface area (Å²) in [5.41, 5.74) is 0.0684. The molecule has 162 valence electrons. The average Bonchev–Trinajstić information content (AvgIpc) is 2.68. The zero-order valence-corrected chi connectivity index (χ0v) is 18.1. The Labute approximate surface area is 172 Å². The van der Waals surface area contributed by atoms with Crippen LogP contribution >= 0.6 is 0 Å². The van der Waals surface area contributed by atoms with Gasteiger partial charge in [-0.2, -0.15) is 0 Å². The van der Waals surface area contributed by atoms with Crippen LogP contribution < -0.4 is 0 Å². The smallest absolute Gasteiger partial charge is 0.337 e. The third-order valence-corrected chi connectivity index (χ3v) is 4.92. The summed E-state index contributed by atoms with van der Waals surface area (Å²) in [6.45, 7) is 6.13. The van der Waals surface area contributed by atoms with E-state index in [-0.39, 0.29) is 5.57 Å². The Hall–Kier alpha value is -1.58. The number of carboxylic acid groups (broad SMARTS) is 1. The molecule has 0 saturated carbocycles. The maximum absolute atomic E-state index is 11.5. The highest BCUT2D eigenvalue weighted by molar-refractivity contribution is 5.93. The van der Waals surface area contributed by atoms with E-state index >= 15 is 0 Å². The molecule has 0 radical (unpaired) electrons. The number of hydrogen-bond acceptors (Lipinski definition) is 3. The highest BCUT2D eigenvalue weighted by atomic mass is 16.5. The lowest BCUT2D eigenvalue weighted by molar-refractivity contribution is -0.138. The number of aliphatic carboxylic acids is 1. The number of ether oxygens (including phenoxy) is 1. The van der Waals surface area contributed by atoms with Gasteiger partial charge in [-0.3, -0.25) is 0 Å². The molecular weight excluding hydrogens is 352 g/mol. The largest absolute Gasteiger partial charge is 0.478 e. The molecule has 0 aliphatic carbocycles. The molecule has 0 aromatic carbocycles. The number of hydrogen-bond donors (Lipinski definition) is 1. The summed E-state index contributed by atoms with van der Waals surface area (Å²) in [7, 11) is 0. The summed E-state index contributed by atoms with van der Waals surface area (Å²) < 4.78 is 5.07. The van der Waals surface area contributed by atoms with Crippen LogP contribution in [0.1, 0.15) is 110 Å². The van der Waals surface area contributed by atoms with E-state index < -0.39 is 11.9 Å². The van der Waals surface area contributed by atoms with Gasteiger partial charge < -0.3 is 9.84 Å². The number of carbonyl (C=O) groups is 2. The molecule has 0 fully saturated rings. The van der Waals surface area contributed by atoms with Gasteiger partial charge in [0.25, 0.3) is 0 Å². The molecular formula is C24H42O4. The van der Waals surface area contributed by atoms with E-state index in [9.17, 15) is 9.59 Å². The van der Waals surface area contributed by atoms with E-state index in [2.05, 4.69) is 13.5 Å². The van der Waals surface area contributed by atoms with Crippen molar-refractivity contribution in [2.24, 2.45) is 0 Å². The van der Waals surface area contributed by atoms with Crippen LogP contribution in [-0.4, -0.2) is 23.7 Å². The van der Waals surface area contributed by atoms with E-state index in [0.717, 1.165) is 25.0 Å². The molecule has 4 nitrogen and oxygen atoms in total. The second kappa shape index (κ2) is 20.2. The first-order valence-corrected chi connectivity index (χ1v) is 11.3. The first-order chi connectivity index (χ1) is 13.6. The number of unbranched alkanes of at least 4 members (excludes halogenated alkanes) is 15. The molecule has 0 aromatic rings. The third-order valence-electron chi connectivity index (χ3n) is 4.92. The van der Waals surface area contributed by atoms with Crippen molar-refractivity contribution in [2.45, 2.75) is 110 Å². The minimum atomic E-state index is -1.10. The molecule has 0 spiro atoms. The van der Waals surface area contributed by atoms with Crippen molar-refractivity contribution < 1.29 is 19.4 Å². The van der Waals surface area contributed by atoms with Crippen LogP contribution in [0, 0.1) is 0 Å². The fraction of sp³-hybridized carbons (Fsp3) is 0.750. The van der Waals surface area contributed by atoms with Crippen LogP contribution in [-0.2, 0) is 14.3 Å². The van der Waals surface area contributed by atoms with Gasteiger partial charge >= 0.3 is 11.9 Å². The monoisotopic (exact) mass is 394 g/mol. The minimum absolute atomic E-state index is 0.0684. The van der Waals surface area contributed by atoms with Crippen LogP contribution in [0.2, 0.25) is 0 Å². The normalized spacial score (nSPS) is 11.0. The number of rotatable bonds is 20. The number of carbonyl (C=O) groups excluding carboxylic acids is 1. The van der Waals surface area contributed by atoms with Crippen molar-refractivity contribution in [3.8, 4) is 0 Å². The zero-order valence-electron chi connectivity index (χ0n) is 18.1. The highest BCUT2D eigenvalue weighted by Gasteiger charge is 2.05. The van der Waals surface area contributed by atoms with Gasteiger partial charge in [-0.25, -0.2) is 9.59 Å². The number of esters is 1. The molecule has 28 heavy (non-hydrogen) atoms. The van der Waals surface area contributed by atoms with Crippen molar-refractivity contribution >= 4 is 11.9 Å². The zero-order chi connectivity index (χ0) is 20.9. The molecule has 0 saturated heterocycles. The lowest BCUT2D eigenvalue weighted by Gasteiger charge is -2.05. The quantitative estimate of drug-likeness (QED) is 0.105. The van der Waals surface area contributed by atoms with Gasteiger partial charge in [0.1, 0.15) is 0 Å². The highest BCUT2D eigenvalue weighted by Crippen LogP contribution is 2.13. The molecule has 0 aromatic heterocycles. The Balaban J connectivity index is 3.26. The first kappa shape index (κ1) is 26.4. The van der Waals surface area contributed by atoms with Gasteiger partial charge in [-0.1, -0.05) is 110 Å². The van der Waals surface area contributed by atoms with Gasteiger partial charge in [0, 0.05) is 6.08 Å². The van der Waals surface area contributed by atoms with Crippen LogP contribution in [0.3, 0.4) is 0 Å². The van der Waals surface area contributed by atoms with Gasteiger partial charge in [0.15, 0.2) is 0 Å². The Bertz CT molecular complexity index is 440. The van der Waals surface area contributed by atoms with Crippen molar-refractivity contribution in [1.82, 2.24) is 0 Å². The van der Waals surface area contributed by atoms with E-state index in [1.165, 1.54) is 89.9 Å². The Morgan fingerprint density at radius 1 is 0.714 bits per heavy atom. The summed E-state index contributed by atoms with van der Waals surface area (Å²) in [6, 6.07) is 0. The van der Waals surface area contributed by atoms with Crippen LogP contribution in [0.25, 0.3) is 0 Å². The van der Waals surface area contributed by atoms with E-state index in [1.807, 2.05) is 0 Å². The Morgan fingerprint density at radius 3 is 1.50 bits per heavy atom. The summed E-state index contributed by atoms with van der Waals surface area (Å²) >= 11 is 0. The molecule has 0 atom stereocenters. The van der Waals surface area contributed by atoms with Crippen molar-refractivity contribution in [1.29, 1.82) is 0 Å². The standard InChI is InChI=1S/C24H42O4/c1-3-4-5-6-7-8-9-10-11-12-13-14-15-16-17-18-21-28-24(27)22(2)19-20-23(25)26/h19-20H,2-18,21H2,1H3,(H,25,26). The Kier molecular flexibility index (Phi) is 19.0. The molecule has 4 heteroatoms. The fourth-order valence-electron chi connectivity index (χ4n) is 3.15. The van der Waals surface area contributed by atoms with E-state index in [0.29, 0.717) is 6.61 Å². The van der Waals surface area contributed by atoms with Crippen molar-refractivity contribution in [2.75, 3.05) is 6.61 Å². The lowest BCUT2D eigenvalue weighted by atomic mass is 10.0. The van der Waals surface area contributed by atoms with E-state index in [4.69, 9.17) is 9.84 Å². The van der Waals surface area contributed by atoms with Gasteiger partial charge in [0.05, 0.1) is 12.2 Å². The van der Waals surface area contributed by atoms with Crippen LogP contribution in [0.5, 0.6) is 0 Å². The van der Waals surface area contributed by atoms with E-state index in [1.54, 1.807) is 0 Å². The molecule has 0 unspecified atom stereocenters. The Morgan fingerprint density at radius 2 is 1.11 bits per heavy atom. The van der Waals surface area contributed by atoms with Crippen LogP contribution in [0.4, 0.5) is 0 Å². The van der Waals surface area contributed by atoms with Gasteiger partial charge in [-0.05, 0) is 12.5 Å². The molecule has 0 bridgehead atoms. The van der Waals surface area contributed by atoms with Crippen molar-refractivity contribution in [3.05, 3.63) is 24.3 Å². The van der Waals surface area contributed by atoms with Gasteiger partial charge in [0.2, 0.25) is 0 Å². The minimum Gasteiger partial charge on any atom is -0.478 e. The molecule has 0 aliphatic rings. The average molecular weight is 395 g/mol. The molecule has 0 rings (SSSR count). The predicted molar refractivity (Wildman–Crippen MR) is 116 cm³/mol. The third kappa shape index (κ3) is 19.2. The van der Waals surface area contributed by atoms with Gasteiger partial charge in [-0.15, -0.1) is 0 Å². The first-order valence-electron chi connectivity index (χ1n) is 11.3. The van der Waals surface area contributed by atoms with Crippen molar-refractivity contribution in [3.63, 3.8) is 0 Å². The summed E-state index contributed by atoms with van der Waals surface area (Å²) in [4.78, 5) is 21.9. The molecule has 0 amide bonds. The maximum atomic E-state index is 11.5. The maximum Gasteiger partial charge on any atom is 0.337 e. The fourth-order valence-corrected chi connectivity index (χ4v) is 3.15. The molecule has 0 heterocycles. The summed E-state index contributed by atoms with van der Waals surface area (Å²) in [6.07, 6.45) is 23.0. The number of carboxylic acids is 1. The predicted octanol–water partition coefficient (Wildman–Crippen LogP) is 6.99. The topological polar surface area (TPSA) is 63.6 Å². The molecule has 0 aliphatic heterocycles. The summed E-state index contributed by atoms with van der Waals surface area (Å²) in [5.74, 6) is -1.65. The second-order valence-corrected chi connectivity index (χ2v) is 7.64. The summed E-state index contributed by atoms with van der Waals surface area (Å²) in [5, 5.41) is 8.50. The lowest BCUT2D eigenvalue weighted by Crippen LogP contribution is -2.07. The second-order valence-electron chi connectivity index (χ2n) is 7.64. The molecule has 1 N–H and O–H groups in total. The SMILES string of the molecule is C=C(C=CC(=O)O)C(=O)OCCCCCCCCCCCCCCCCCC.